The highest BCUT2D eigenvalue weighted by atomic mass is 16.5. The highest BCUT2D eigenvalue weighted by Crippen LogP contribution is 2.51. The van der Waals surface area contributed by atoms with Gasteiger partial charge in [-0.1, -0.05) is 24.3 Å². The second-order valence-corrected chi connectivity index (χ2v) is 6.80. The highest BCUT2D eigenvalue weighted by Gasteiger charge is 2.49. The van der Waals surface area contributed by atoms with Crippen molar-refractivity contribution in [3.05, 3.63) is 35.4 Å². The van der Waals surface area contributed by atoms with Gasteiger partial charge in [0.05, 0.1) is 12.0 Å². The molecule has 124 valence electrons. The summed E-state index contributed by atoms with van der Waals surface area (Å²) >= 11 is 0. The van der Waals surface area contributed by atoms with E-state index in [1.165, 1.54) is 11.1 Å². The minimum atomic E-state index is -0.672. The monoisotopic (exact) mass is 316 g/mol. The lowest BCUT2D eigenvalue weighted by atomic mass is 9.66. The quantitative estimate of drug-likeness (QED) is 0.647. The maximum Gasteiger partial charge on any atom is 0.306 e. The fourth-order valence-corrected chi connectivity index (χ4v) is 4.33. The molecule has 0 bridgehead atoms. The summed E-state index contributed by atoms with van der Waals surface area (Å²) in [7, 11) is 0. The first-order valence-electron chi connectivity index (χ1n) is 8.54. The molecule has 1 spiro atoms. The first kappa shape index (κ1) is 16.2. The molecule has 1 fully saturated rings. The van der Waals surface area contributed by atoms with Gasteiger partial charge in [-0.25, -0.2) is 0 Å². The zero-order valence-corrected chi connectivity index (χ0v) is 13.4. The van der Waals surface area contributed by atoms with Crippen molar-refractivity contribution in [3.63, 3.8) is 0 Å². The van der Waals surface area contributed by atoms with E-state index in [4.69, 9.17) is 4.74 Å². The molecule has 0 radical (unpaired) electrons. The van der Waals surface area contributed by atoms with Crippen molar-refractivity contribution < 1.29 is 19.4 Å². The average molecular weight is 316 g/mol. The molecule has 4 nitrogen and oxygen atoms in total. The lowest BCUT2D eigenvalue weighted by molar-refractivity contribution is -0.143. The molecule has 3 rings (SSSR count). The minimum absolute atomic E-state index is 0.0380. The standard InChI is InChI=1S/C19H24O4/c20-11-3-4-12-23-17-13-15-5-1-2-6-16(15)19(17)9-7-14(8-10-19)18(21)22/h1-2,5-6,11,14,17H,3-4,7-10,12-13H2,(H,21,22). The molecule has 0 aromatic heterocycles. The minimum Gasteiger partial charge on any atom is -0.481 e. The van der Waals surface area contributed by atoms with Crippen LogP contribution in [0.25, 0.3) is 0 Å². The summed E-state index contributed by atoms with van der Waals surface area (Å²) < 4.78 is 6.17. The van der Waals surface area contributed by atoms with E-state index < -0.39 is 5.97 Å². The number of carboxylic acid groups (broad SMARTS) is 1. The maximum absolute atomic E-state index is 11.3. The van der Waals surface area contributed by atoms with Gasteiger partial charge in [0.2, 0.25) is 0 Å². The van der Waals surface area contributed by atoms with E-state index in [1.807, 2.05) is 0 Å². The van der Waals surface area contributed by atoms with Crippen molar-refractivity contribution in [1.82, 2.24) is 0 Å². The Labute approximate surface area is 136 Å². The molecular formula is C19H24O4. The first-order chi connectivity index (χ1) is 11.2. The molecule has 2 aliphatic rings. The van der Waals surface area contributed by atoms with Crippen LogP contribution in [0, 0.1) is 5.92 Å². The number of hydrogen-bond donors (Lipinski definition) is 1. The zero-order chi connectivity index (χ0) is 16.3. The Morgan fingerprint density at radius 3 is 2.74 bits per heavy atom. The fraction of sp³-hybridized carbons (Fsp3) is 0.579. The zero-order valence-electron chi connectivity index (χ0n) is 13.4. The number of fused-ring (bicyclic) bond motifs is 2. The van der Waals surface area contributed by atoms with Gasteiger partial charge in [-0.2, -0.15) is 0 Å². The number of carbonyl (C=O) groups excluding carboxylic acids is 1. The number of rotatable bonds is 6. The Bertz CT molecular complexity index is 572. The Kier molecular flexibility index (Phi) is 4.81. The van der Waals surface area contributed by atoms with E-state index >= 15 is 0 Å². The average Bonchev–Trinajstić information content (AvgIpc) is 2.86. The Morgan fingerprint density at radius 1 is 1.30 bits per heavy atom. The van der Waals surface area contributed by atoms with Crippen LogP contribution in [0.3, 0.4) is 0 Å². The first-order valence-corrected chi connectivity index (χ1v) is 8.54. The normalized spacial score (nSPS) is 29.4. The number of aliphatic carboxylic acids is 1. The maximum atomic E-state index is 11.3. The molecule has 1 aromatic rings. The molecule has 0 heterocycles. The van der Waals surface area contributed by atoms with Gasteiger partial charge in [-0.15, -0.1) is 0 Å². The van der Waals surface area contributed by atoms with Crippen molar-refractivity contribution in [2.45, 2.75) is 56.5 Å². The number of carboxylic acids is 1. The van der Waals surface area contributed by atoms with E-state index in [2.05, 4.69) is 24.3 Å². The lowest BCUT2D eigenvalue weighted by Crippen LogP contribution is -2.42. The summed E-state index contributed by atoms with van der Waals surface area (Å²) in [5, 5.41) is 9.27. The smallest absolute Gasteiger partial charge is 0.306 e. The molecule has 2 aliphatic carbocycles. The number of aldehydes is 1. The van der Waals surface area contributed by atoms with Crippen molar-refractivity contribution >= 4 is 12.3 Å². The SMILES string of the molecule is O=CCCCOC1Cc2ccccc2C12CCC(C(=O)O)CC2. The summed E-state index contributed by atoms with van der Waals surface area (Å²) in [5.74, 6) is -0.890. The second kappa shape index (κ2) is 6.83. The third-order valence-corrected chi connectivity index (χ3v) is 5.59. The van der Waals surface area contributed by atoms with Gasteiger partial charge >= 0.3 is 5.97 Å². The van der Waals surface area contributed by atoms with E-state index in [0.717, 1.165) is 44.8 Å². The summed E-state index contributed by atoms with van der Waals surface area (Å²) in [4.78, 5) is 21.7. The van der Waals surface area contributed by atoms with Crippen molar-refractivity contribution in [2.24, 2.45) is 5.92 Å². The van der Waals surface area contributed by atoms with Gasteiger partial charge in [0.25, 0.3) is 0 Å². The summed E-state index contributed by atoms with van der Waals surface area (Å²) in [6, 6.07) is 8.48. The number of hydrogen-bond acceptors (Lipinski definition) is 3. The molecule has 4 heteroatoms. The number of ether oxygens (including phenoxy) is 1. The summed E-state index contributed by atoms with van der Waals surface area (Å²) in [6.07, 6.45) is 6.42. The van der Waals surface area contributed by atoms with Crippen LogP contribution in [-0.2, 0) is 26.2 Å². The van der Waals surface area contributed by atoms with Crippen LogP contribution < -0.4 is 0 Å². The lowest BCUT2D eigenvalue weighted by Gasteiger charge is -2.41. The third-order valence-electron chi connectivity index (χ3n) is 5.59. The van der Waals surface area contributed by atoms with Crippen LogP contribution in [0.4, 0.5) is 0 Å². The van der Waals surface area contributed by atoms with Gasteiger partial charge in [0.1, 0.15) is 6.29 Å². The van der Waals surface area contributed by atoms with Gasteiger partial charge in [-0.05, 0) is 49.7 Å². The molecule has 0 amide bonds. The van der Waals surface area contributed by atoms with Crippen molar-refractivity contribution in [1.29, 1.82) is 0 Å². The molecule has 1 N–H and O–H groups in total. The third kappa shape index (κ3) is 3.05. The molecule has 1 saturated carbocycles. The predicted octanol–water partition coefficient (Wildman–Crippen LogP) is 3.12. The Balaban J connectivity index is 1.78. The molecule has 23 heavy (non-hydrogen) atoms. The van der Waals surface area contributed by atoms with Gasteiger partial charge in [-0.3, -0.25) is 4.79 Å². The highest BCUT2D eigenvalue weighted by molar-refractivity contribution is 5.70. The second-order valence-electron chi connectivity index (χ2n) is 6.80. The fourth-order valence-electron chi connectivity index (χ4n) is 4.33. The number of unbranched alkanes of at least 4 members (excludes halogenated alkanes) is 1. The van der Waals surface area contributed by atoms with Crippen LogP contribution in [0.15, 0.2) is 24.3 Å². The van der Waals surface area contributed by atoms with E-state index in [9.17, 15) is 14.7 Å². The molecule has 1 aromatic carbocycles. The number of carbonyl (C=O) groups is 2. The van der Waals surface area contributed by atoms with Crippen LogP contribution >= 0.6 is 0 Å². The largest absolute Gasteiger partial charge is 0.481 e. The predicted molar refractivity (Wildman–Crippen MR) is 86.5 cm³/mol. The summed E-state index contributed by atoms with van der Waals surface area (Å²) in [5.41, 5.74) is 2.65. The Morgan fingerprint density at radius 2 is 2.04 bits per heavy atom. The van der Waals surface area contributed by atoms with Gasteiger partial charge < -0.3 is 14.6 Å². The van der Waals surface area contributed by atoms with Crippen LogP contribution in [0.2, 0.25) is 0 Å². The van der Waals surface area contributed by atoms with E-state index in [-0.39, 0.29) is 17.4 Å². The van der Waals surface area contributed by atoms with E-state index in [0.29, 0.717) is 13.0 Å². The molecular weight excluding hydrogens is 292 g/mol. The van der Waals surface area contributed by atoms with Crippen molar-refractivity contribution in [2.75, 3.05) is 6.61 Å². The molecule has 1 atom stereocenters. The number of benzene rings is 1. The molecule has 0 saturated heterocycles. The van der Waals surface area contributed by atoms with E-state index in [1.54, 1.807) is 0 Å². The van der Waals surface area contributed by atoms with Crippen LogP contribution in [0.5, 0.6) is 0 Å². The topological polar surface area (TPSA) is 63.6 Å². The van der Waals surface area contributed by atoms with Gasteiger partial charge in [0, 0.05) is 18.4 Å². The van der Waals surface area contributed by atoms with Gasteiger partial charge in [0.15, 0.2) is 0 Å². The van der Waals surface area contributed by atoms with Crippen molar-refractivity contribution in [3.8, 4) is 0 Å². The molecule has 1 unspecified atom stereocenters. The summed E-state index contributed by atoms with van der Waals surface area (Å²) in [6.45, 7) is 0.599. The van der Waals surface area contributed by atoms with Crippen LogP contribution in [0.1, 0.15) is 49.7 Å². The molecule has 0 aliphatic heterocycles. The Hall–Kier alpha value is -1.68. The van der Waals surface area contributed by atoms with Crippen LogP contribution in [-0.4, -0.2) is 30.1 Å².